The summed E-state index contributed by atoms with van der Waals surface area (Å²) in [5.74, 6) is 0.591. The SMILES string of the molecule is CCn1c2c(Cl)nccc2c(=O)n1-c1ccc(-n2c(C)nn(C)c2=O)cc1. The Bertz CT molecular complexity index is 1280. The van der Waals surface area contributed by atoms with E-state index in [4.69, 9.17) is 11.6 Å². The van der Waals surface area contributed by atoms with Gasteiger partial charge >= 0.3 is 5.69 Å². The van der Waals surface area contributed by atoms with Crippen molar-refractivity contribution in [2.75, 3.05) is 0 Å². The van der Waals surface area contributed by atoms with E-state index in [2.05, 4.69) is 10.1 Å². The zero-order valence-electron chi connectivity index (χ0n) is 15.0. The molecule has 0 aliphatic heterocycles. The van der Waals surface area contributed by atoms with Gasteiger partial charge in [-0.2, -0.15) is 5.10 Å². The number of fused-ring (bicyclic) bond motifs is 1. The smallest absolute Gasteiger partial charge is 0.274 e. The van der Waals surface area contributed by atoms with E-state index >= 15 is 0 Å². The van der Waals surface area contributed by atoms with Crippen molar-refractivity contribution in [3.8, 4) is 11.4 Å². The Morgan fingerprint density at radius 1 is 1.07 bits per heavy atom. The van der Waals surface area contributed by atoms with E-state index in [9.17, 15) is 9.59 Å². The van der Waals surface area contributed by atoms with Crippen LogP contribution in [0.4, 0.5) is 0 Å². The lowest BCUT2D eigenvalue weighted by atomic mass is 10.2. The third-order valence-electron chi connectivity index (χ3n) is 4.54. The summed E-state index contributed by atoms with van der Waals surface area (Å²) in [6.07, 6.45) is 1.52. The van der Waals surface area contributed by atoms with Gasteiger partial charge in [-0.15, -0.1) is 0 Å². The Labute approximate surface area is 158 Å². The first-order valence-electron chi connectivity index (χ1n) is 8.43. The molecular weight excluding hydrogens is 368 g/mol. The zero-order valence-corrected chi connectivity index (χ0v) is 15.8. The fourth-order valence-electron chi connectivity index (χ4n) is 3.35. The molecule has 0 aliphatic carbocycles. The molecule has 3 aromatic heterocycles. The highest BCUT2D eigenvalue weighted by molar-refractivity contribution is 6.33. The first-order valence-corrected chi connectivity index (χ1v) is 8.81. The predicted molar refractivity (Wildman–Crippen MR) is 103 cm³/mol. The standard InChI is InChI=1S/C18H17ClN6O2/c1-4-23-15-14(9-10-20-16(15)19)17(26)25(23)13-7-5-12(6-8-13)24-11(2)21-22(3)18(24)27/h5-10H,4H2,1-3H3. The fraction of sp³-hybridized carbons (Fsp3) is 0.222. The van der Waals surface area contributed by atoms with Gasteiger partial charge in [0.05, 0.1) is 16.8 Å². The molecule has 8 nitrogen and oxygen atoms in total. The Morgan fingerprint density at radius 2 is 1.74 bits per heavy atom. The maximum atomic E-state index is 12.9. The summed E-state index contributed by atoms with van der Waals surface area (Å²) >= 11 is 6.22. The summed E-state index contributed by atoms with van der Waals surface area (Å²) < 4.78 is 6.17. The Balaban J connectivity index is 1.91. The topological polar surface area (TPSA) is 79.6 Å². The lowest BCUT2D eigenvalue weighted by Gasteiger charge is -2.12. The van der Waals surface area contributed by atoms with Crippen molar-refractivity contribution < 1.29 is 0 Å². The van der Waals surface area contributed by atoms with E-state index < -0.39 is 0 Å². The predicted octanol–water partition coefficient (Wildman–Crippen LogP) is 2.05. The zero-order chi connectivity index (χ0) is 19.3. The highest BCUT2D eigenvalue weighted by Gasteiger charge is 2.17. The largest absolute Gasteiger partial charge is 0.350 e. The second-order valence-electron chi connectivity index (χ2n) is 6.14. The number of aromatic nitrogens is 6. The average molecular weight is 385 g/mol. The van der Waals surface area contributed by atoms with Crippen molar-refractivity contribution in [3.63, 3.8) is 0 Å². The number of aryl methyl sites for hydroxylation is 3. The minimum atomic E-state index is -0.224. The highest BCUT2D eigenvalue weighted by atomic mass is 35.5. The molecule has 0 saturated carbocycles. The minimum absolute atomic E-state index is 0.168. The van der Waals surface area contributed by atoms with Gasteiger partial charge in [-0.1, -0.05) is 11.6 Å². The van der Waals surface area contributed by atoms with Crippen LogP contribution in [0.3, 0.4) is 0 Å². The number of nitrogens with zero attached hydrogens (tertiary/aromatic N) is 6. The molecule has 0 atom stereocenters. The third kappa shape index (κ3) is 2.52. The molecule has 0 bridgehead atoms. The first-order chi connectivity index (χ1) is 12.9. The summed E-state index contributed by atoms with van der Waals surface area (Å²) in [5.41, 5.74) is 1.57. The quantitative estimate of drug-likeness (QED) is 0.506. The molecule has 0 N–H and O–H groups in total. The molecular formula is C18H17ClN6O2. The van der Waals surface area contributed by atoms with Gasteiger partial charge in [-0.05, 0) is 44.2 Å². The molecule has 0 spiro atoms. The Hall–Kier alpha value is -3.13. The molecule has 0 saturated heterocycles. The van der Waals surface area contributed by atoms with Gasteiger partial charge in [0.2, 0.25) is 0 Å². The van der Waals surface area contributed by atoms with Crippen molar-refractivity contribution in [2.24, 2.45) is 7.05 Å². The van der Waals surface area contributed by atoms with Gasteiger partial charge in [0.15, 0.2) is 5.15 Å². The van der Waals surface area contributed by atoms with E-state index in [1.54, 1.807) is 53.7 Å². The second kappa shape index (κ2) is 6.24. The second-order valence-corrected chi connectivity index (χ2v) is 6.49. The monoisotopic (exact) mass is 384 g/mol. The number of pyridine rings is 1. The highest BCUT2D eigenvalue weighted by Crippen LogP contribution is 2.22. The van der Waals surface area contributed by atoms with Crippen LogP contribution in [-0.4, -0.2) is 28.7 Å². The third-order valence-corrected chi connectivity index (χ3v) is 4.82. The van der Waals surface area contributed by atoms with Crippen LogP contribution in [0.5, 0.6) is 0 Å². The molecule has 0 fully saturated rings. The average Bonchev–Trinajstić information content (AvgIpc) is 3.09. The molecule has 0 aliphatic rings. The summed E-state index contributed by atoms with van der Waals surface area (Å²) in [5, 5.41) is 4.94. The lowest BCUT2D eigenvalue weighted by molar-refractivity contribution is 0.592. The van der Waals surface area contributed by atoms with E-state index in [-0.39, 0.29) is 11.2 Å². The number of hydrogen-bond donors (Lipinski definition) is 0. The lowest BCUT2D eigenvalue weighted by Crippen LogP contribution is -2.22. The molecule has 0 radical (unpaired) electrons. The van der Waals surface area contributed by atoms with Crippen LogP contribution in [0.1, 0.15) is 12.7 Å². The van der Waals surface area contributed by atoms with Crippen molar-refractivity contribution >= 4 is 22.5 Å². The maximum absolute atomic E-state index is 12.9. The van der Waals surface area contributed by atoms with Crippen molar-refractivity contribution in [2.45, 2.75) is 20.4 Å². The molecule has 9 heteroatoms. The van der Waals surface area contributed by atoms with Gasteiger partial charge in [0, 0.05) is 19.8 Å². The van der Waals surface area contributed by atoms with Gasteiger partial charge in [-0.3, -0.25) is 9.48 Å². The van der Waals surface area contributed by atoms with Crippen molar-refractivity contribution in [1.29, 1.82) is 0 Å². The maximum Gasteiger partial charge on any atom is 0.350 e. The van der Waals surface area contributed by atoms with Gasteiger partial charge in [0.1, 0.15) is 11.3 Å². The van der Waals surface area contributed by atoms with Gasteiger partial charge < -0.3 is 0 Å². The molecule has 27 heavy (non-hydrogen) atoms. The summed E-state index contributed by atoms with van der Waals surface area (Å²) in [6.45, 7) is 4.25. The first kappa shape index (κ1) is 17.3. The van der Waals surface area contributed by atoms with Crippen molar-refractivity contribution in [3.05, 3.63) is 68.3 Å². The number of benzene rings is 1. The Morgan fingerprint density at radius 3 is 2.33 bits per heavy atom. The van der Waals surface area contributed by atoms with Crippen LogP contribution < -0.4 is 11.2 Å². The fourth-order valence-corrected chi connectivity index (χ4v) is 3.61. The van der Waals surface area contributed by atoms with Gasteiger partial charge in [-0.25, -0.2) is 23.7 Å². The molecule has 4 aromatic rings. The van der Waals surface area contributed by atoms with E-state index in [0.29, 0.717) is 39.8 Å². The summed E-state index contributed by atoms with van der Waals surface area (Å²) in [4.78, 5) is 29.2. The summed E-state index contributed by atoms with van der Waals surface area (Å²) in [7, 11) is 1.61. The van der Waals surface area contributed by atoms with E-state index in [0.717, 1.165) is 0 Å². The number of hydrogen-bond acceptors (Lipinski definition) is 4. The molecule has 4 rings (SSSR count). The molecule has 3 heterocycles. The van der Waals surface area contributed by atoms with Crippen LogP contribution in [0, 0.1) is 6.92 Å². The normalized spacial score (nSPS) is 11.4. The molecule has 1 aromatic carbocycles. The number of rotatable bonds is 3. The van der Waals surface area contributed by atoms with Crippen LogP contribution in [0.25, 0.3) is 22.3 Å². The molecule has 138 valence electrons. The van der Waals surface area contributed by atoms with Gasteiger partial charge in [0.25, 0.3) is 5.56 Å². The van der Waals surface area contributed by atoms with Crippen LogP contribution in [-0.2, 0) is 13.6 Å². The Kier molecular flexibility index (Phi) is 4.00. The van der Waals surface area contributed by atoms with E-state index in [1.165, 1.54) is 15.4 Å². The van der Waals surface area contributed by atoms with E-state index in [1.807, 2.05) is 6.92 Å². The number of halogens is 1. The molecule has 0 unspecified atom stereocenters. The van der Waals surface area contributed by atoms with Crippen LogP contribution >= 0.6 is 11.6 Å². The summed E-state index contributed by atoms with van der Waals surface area (Å²) in [6, 6.07) is 8.83. The minimum Gasteiger partial charge on any atom is -0.274 e. The van der Waals surface area contributed by atoms with Crippen LogP contribution in [0.15, 0.2) is 46.1 Å². The molecule has 0 amide bonds. The van der Waals surface area contributed by atoms with Crippen molar-refractivity contribution in [1.82, 2.24) is 28.7 Å². The van der Waals surface area contributed by atoms with Crippen LogP contribution in [0.2, 0.25) is 5.15 Å².